The molecule has 1 aromatic carbocycles. The van der Waals surface area contributed by atoms with Gasteiger partial charge in [-0.1, -0.05) is 19.1 Å². The number of hydrazine groups is 1. The van der Waals surface area contributed by atoms with Crippen molar-refractivity contribution in [3.63, 3.8) is 0 Å². The molecule has 102 valence electrons. The zero-order valence-corrected chi connectivity index (χ0v) is 10.9. The number of benzene rings is 1. The van der Waals surface area contributed by atoms with Crippen molar-refractivity contribution in [2.75, 3.05) is 11.5 Å². The first-order valence-electron chi connectivity index (χ1n) is 5.70. The third-order valence-electron chi connectivity index (χ3n) is 2.45. The Hall–Kier alpha value is -0.720. The van der Waals surface area contributed by atoms with Crippen molar-refractivity contribution in [3.05, 3.63) is 35.4 Å². The van der Waals surface area contributed by atoms with Crippen molar-refractivity contribution in [2.45, 2.75) is 25.6 Å². The maximum absolute atomic E-state index is 12.6. The van der Waals surface area contributed by atoms with E-state index in [1.165, 1.54) is 6.07 Å². The van der Waals surface area contributed by atoms with Crippen LogP contribution in [0.3, 0.4) is 0 Å². The van der Waals surface area contributed by atoms with Crippen LogP contribution in [-0.4, -0.2) is 11.5 Å². The van der Waals surface area contributed by atoms with Gasteiger partial charge in [0, 0.05) is 5.75 Å². The molecule has 0 aromatic heterocycles. The number of hydrogen-bond donors (Lipinski definition) is 2. The predicted molar refractivity (Wildman–Crippen MR) is 69.1 cm³/mol. The Balaban J connectivity index is 2.79. The van der Waals surface area contributed by atoms with Crippen molar-refractivity contribution in [1.82, 2.24) is 5.43 Å². The highest BCUT2D eigenvalue weighted by atomic mass is 32.2. The van der Waals surface area contributed by atoms with Gasteiger partial charge in [0.2, 0.25) is 0 Å². The Morgan fingerprint density at radius 2 is 2.11 bits per heavy atom. The Labute approximate surface area is 109 Å². The van der Waals surface area contributed by atoms with Crippen molar-refractivity contribution in [2.24, 2.45) is 5.84 Å². The van der Waals surface area contributed by atoms with Crippen LogP contribution in [0.4, 0.5) is 13.2 Å². The molecule has 1 unspecified atom stereocenters. The first-order valence-corrected chi connectivity index (χ1v) is 6.85. The number of thioether (sulfide) groups is 1. The molecule has 6 heteroatoms. The molecule has 1 aromatic rings. The van der Waals surface area contributed by atoms with Crippen LogP contribution in [-0.2, 0) is 6.18 Å². The average Bonchev–Trinajstić information content (AvgIpc) is 2.34. The second-order valence-electron chi connectivity index (χ2n) is 3.92. The quantitative estimate of drug-likeness (QED) is 0.476. The fourth-order valence-corrected chi connectivity index (χ4v) is 2.50. The zero-order valence-electron chi connectivity index (χ0n) is 10.1. The van der Waals surface area contributed by atoms with E-state index in [0.717, 1.165) is 24.3 Å². The zero-order chi connectivity index (χ0) is 13.6. The molecule has 0 spiro atoms. The van der Waals surface area contributed by atoms with Crippen LogP contribution in [0.25, 0.3) is 0 Å². The lowest BCUT2D eigenvalue weighted by Crippen LogP contribution is -2.30. The van der Waals surface area contributed by atoms with Gasteiger partial charge >= 0.3 is 6.18 Å². The number of nitrogens with two attached hydrogens (primary N) is 1. The van der Waals surface area contributed by atoms with Gasteiger partial charge in [0.25, 0.3) is 0 Å². The molecule has 0 heterocycles. The summed E-state index contributed by atoms with van der Waals surface area (Å²) in [6.45, 7) is 2.06. The first kappa shape index (κ1) is 15.3. The first-order chi connectivity index (χ1) is 8.49. The van der Waals surface area contributed by atoms with Crippen molar-refractivity contribution < 1.29 is 13.2 Å². The van der Waals surface area contributed by atoms with Gasteiger partial charge in [-0.25, -0.2) is 0 Å². The summed E-state index contributed by atoms with van der Waals surface area (Å²) < 4.78 is 37.8. The van der Waals surface area contributed by atoms with Crippen molar-refractivity contribution in [3.8, 4) is 0 Å². The van der Waals surface area contributed by atoms with E-state index < -0.39 is 11.7 Å². The third-order valence-corrected chi connectivity index (χ3v) is 3.72. The number of alkyl halides is 3. The maximum atomic E-state index is 12.6. The summed E-state index contributed by atoms with van der Waals surface area (Å²) in [6, 6.07) is 5.02. The summed E-state index contributed by atoms with van der Waals surface area (Å²) in [7, 11) is 0. The Kier molecular flexibility index (Phi) is 5.98. The van der Waals surface area contributed by atoms with E-state index in [4.69, 9.17) is 5.84 Å². The highest BCUT2D eigenvalue weighted by Gasteiger charge is 2.30. The Morgan fingerprint density at radius 3 is 2.67 bits per heavy atom. The second kappa shape index (κ2) is 7.01. The standard InChI is InChI=1S/C12H17F3N2S/c1-2-6-18-8-11(17-16)9-4-3-5-10(7-9)12(13,14)15/h3-5,7,11,17H,2,6,8,16H2,1H3. The van der Waals surface area contributed by atoms with Crippen LogP contribution in [0.1, 0.15) is 30.5 Å². The summed E-state index contributed by atoms with van der Waals surface area (Å²) >= 11 is 1.67. The van der Waals surface area contributed by atoms with Gasteiger partial charge < -0.3 is 0 Å². The van der Waals surface area contributed by atoms with Crippen LogP contribution < -0.4 is 11.3 Å². The minimum atomic E-state index is -4.31. The molecule has 0 aliphatic carbocycles. The topological polar surface area (TPSA) is 38.0 Å². The largest absolute Gasteiger partial charge is 0.416 e. The maximum Gasteiger partial charge on any atom is 0.416 e. The van der Waals surface area contributed by atoms with E-state index in [1.807, 2.05) is 0 Å². The lowest BCUT2D eigenvalue weighted by molar-refractivity contribution is -0.137. The van der Waals surface area contributed by atoms with Crippen molar-refractivity contribution in [1.29, 1.82) is 0 Å². The Bertz CT molecular complexity index is 369. The van der Waals surface area contributed by atoms with Gasteiger partial charge in [-0.2, -0.15) is 24.9 Å². The fourth-order valence-electron chi connectivity index (χ4n) is 1.52. The molecular weight excluding hydrogens is 261 g/mol. The smallest absolute Gasteiger partial charge is 0.271 e. The van der Waals surface area contributed by atoms with Gasteiger partial charge in [-0.15, -0.1) is 0 Å². The SMILES string of the molecule is CCCSCC(NN)c1cccc(C(F)(F)F)c1. The molecule has 0 aliphatic rings. The summed E-state index contributed by atoms with van der Waals surface area (Å²) in [6.07, 6.45) is -3.28. The van der Waals surface area contributed by atoms with Crippen LogP contribution in [0, 0.1) is 0 Å². The minimum absolute atomic E-state index is 0.260. The lowest BCUT2D eigenvalue weighted by Gasteiger charge is -2.17. The highest BCUT2D eigenvalue weighted by Crippen LogP contribution is 2.31. The number of nitrogens with one attached hydrogen (secondary N) is 1. The van der Waals surface area contributed by atoms with Crippen LogP contribution in [0.2, 0.25) is 0 Å². The molecular formula is C12H17F3N2S. The summed E-state index contributed by atoms with van der Waals surface area (Å²) in [5.74, 6) is 7.03. The van der Waals surface area contributed by atoms with Crippen molar-refractivity contribution >= 4 is 11.8 Å². The summed E-state index contributed by atoms with van der Waals surface area (Å²) in [5, 5.41) is 0. The van der Waals surface area contributed by atoms with Crippen LogP contribution >= 0.6 is 11.8 Å². The molecule has 0 bridgehead atoms. The molecule has 0 amide bonds. The van der Waals surface area contributed by atoms with E-state index in [1.54, 1.807) is 17.8 Å². The minimum Gasteiger partial charge on any atom is -0.271 e. The lowest BCUT2D eigenvalue weighted by atomic mass is 10.1. The highest BCUT2D eigenvalue weighted by molar-refractivity contribution is 7.99. The molecule has 0 fully saturated rings. The van der Waals surface area contributed by atoms with Crippen LogP contribution in [0.15, 0.2) is 24.3 Å². The van der Waals surface area contributed by atoms with E-state index in [9.17, 15) is 13.2 Å². The molecule has 0 aliphatic heterocycles. The summed E-state index contributed by atoms with van der Waals surface area (Å²) in [5.41, 5.74) is 2.50. The normalized spacial score (nSPS) is 13.6. The van der Waals surface area contributed by atoms with E-state index in [-0.39, 0.29) is 6.04 Å². The summed E-state index contributed by atoms with van der Waals surface area (Å²) in [4.78, 5) is 0. The number of hydrogen-bond acceptors (Lipinski definition) is 3. The van der Waals surface area contributed by atoms with Crippen LogP contribution in [0.5, 0.6) is 0 Å². The molecule has 2 nitrogen and oxygen atoms in total. The predicted octanol–water partition coefficient (Wildman–Crippen LogP) is 3.35. The number of halogens is 3. The molecule has 0 saturated carbocycles. The van der Waals surface area contributed by atoms with E-state index in [2.05, 4.69) is 12.3 Å². The third kappa shape index (κ3) is 4.51. The number of rotatable bonds is 6. The molecule has 18 heavy (non-hydrogen) atoms. The Morgan fingerprint density at radius 1 is 1.39 bits per heavy atom. The van der Waals surface area contributed by atoms with Gasteiger partial charge in [0.15, 0.2) is 0 Å². The van der Waals surface area contributed by atoms with E-state index in [0.29, 0.717) is 11.3 Å². The molecule has 0 radical (unpaired) electrons. The van der Waals surface area contributed by atoms with Gasteiger partial charge in [0.1, 0.15) is 0 Å². The van der Waals surface area contributed by atoms with Gasteiger partial charge in [0.05, 0.1) is 11.6 Å². The molecule has 1 atom stereocenters. The van der Waals surface area contributed by atoms with Gasteiger partial charge in [-0.3, -0.25) is 11.3 Å². The second-order valence-corrected chi connectivity index (χ2v) is 5.07. The monoisotopic (exact) mass is 278 g/mol. The van der Waals surface area contributed by atoms with Gasteiger partial charge in [-0.05, 0) is 29.9 Å². The molecule has 1 rings (SSSR count). The molecule has 0 saturated heterocycles. The molecule has 3 N–H and O–H groups in total. The average molecular weight is 278 g/mol. The van der Waals surface area contributed by atoms with E-state index >= 15 is 0 Å². The fraction of sp³-hybridized carbons (Fsp3) is 0.500.